The van der Waals surface area contributed by atoms with Gasteiger partial charge < -0.3 is 15.5 Å². The highest BCUT2D eigenvalue weighted by Crippen LogP contribution is 2.42. The third-order valence-electron chi connectivity index (χ3n) is 7.96. The Morgan fingerprint density at radius 2 is 1.68 bits per heavy atom. The van der Waals surface area contributed by atoms with Crippen LogP contribution in [-0.4, -0.2) is 62.7 Å². The molecule has 3 aliphatic rings. The first-order valence-corrected chi connectivity index (χ1v) is 13.8. The lowest BCUT2D eigenvalue weighted by molar-refractivity contribution is -0.892. The number of hydrogen-bond acceptors (Lipinski definition) is 3. The topological polar surface area (TPSA) is 65.9 Å². The highest BCUT2D eigenvalue weighted by atomic mass is 16.2. The van der Waals surface area contributed by atoms with Crippen molar-refractivity contribution >= 4 is 11.8 Å². The van der Waals surface area contributed by atoms with Crippen LogP contribution in [0.15, 0.2) is 71.4 Å². The molecule has 2 bridgehead atoms. The van der Waals surface area contributed by atoms with Crippen LogP contribution in [0.2, 0.25) is 0 Å². The van der Waals surface area contributed by atoms with E-state index in [1.807, 2.05) is 19.1 Å². The van der Waals surface area contributed by atoms with E-state index in [0.29, 0.717) is 19.1 Å². The van der Waals surface area contributed by atoms with Gasteiger partial charge in [-0.3, -0.25) is 14.5 Å². The lowest BCUT2D eigenvalue weighted by atomic mass is 9.68. The molecule has 37 heavy (non-hydrogen) atoms. The van der Waals surface area contributed by atoms with Crippen molar-refractivity contribution in [3.8, 4) is 0 Å². The molecule has 1 saturated heterocycles. The zero-order chi connectivity index (χ0) is 26.8. The van der Waals surface area contributed by atoms with Crippen LogP contribution in [0.5, 0.6) is 0 Å². The predicted molar refractivity (Wildman–Crippen MR) is 152 cm³/mol. The predicted octanol–water partition coefficient (Wildman–Crippen LogP) is 3.09. The molecule has 1 fully saturated rings. The van der Waals surface area contributed by atoms with Crippen LogP contribution in [0.1, 0.15) is 53.4 Å². The largest absolute Gasteiger partial charge is 0.352 e. The van der Waals surface area contributed by atoms with Gasteiger partial charge in [-0.15, -0.1) is 0 Å². The van der Waals surface area contributed by atoms with Crippen molar-refractivity contribution in [3.63, 3.8) is 0 Å². The number of rotatable bonds is 0. The number of likely N-dealkylation sites (N-methyl/N-ethyl adjacent to an activating group) is 1. The van der Waals surface area contributed by atoms with Gasteiger partial charge in [0.2, 0.25) is 11.8 Å². The third kappa shape index (κ3) is 9.28. The zero-order valence-electron chi connectivity index (χ0n) is 23.5. The number of hydrogen-bond donors (Lipinski definition) is 3. The summed E-state index contributed by atoms with van der Waals surface area (Å²) in [5.41, 5.74) is 3.54. The van der Waals surface area contributed by atoms with Crippen molar-refractivity contribution in [2.24, 2.45) is 11.3 Å². The number of quaternary nitrogens is 1. The molecule has 0 aromatic rings. The summed E-state index contributed by atoms with van der Waals surface area (Å²) in [6.45, 7) is 13.1. The molecular formula is C31H47N4O2+. The van der Waals surface area contributed by atoms with Crippen LogP contribution in [0, 0.1) is 11.3 Å². The van der Waals surface area contributed by atoms with E-state index in [-0.39, 0.29) is 23.1 Å². The molecule has 0 saturated carbocycles. The van der Waals surface area contributed by atoms with Crippen molar-refractivity contribution in [1.82, 2.24) is 15.5 Å². The molecule has 0 spiro atoms. The Kier molecular flexibility index (Phi) is 10.7. The third-order valence-corrected chi connectivity index (χ3v) is 7.96. The molecule has 3 rings (SSSR count). The van der Waals surface area contributed by atoms with E-state index < -0.39 is 0 Å². The highest BCUT2D eigenvalue weighted by Gasteiger charge is 2.32. The van der Waals surface area contributed by atoms with Crippen LogP contribution < -0.4 is 15.5 Å². The molecule has 4 unspecified atom stereocenters. The van der Waals surface area contributed by atoms with Crippen LogP contribution in [0.4, 0.5) is 0 Å². The minimum Gasteiger partial charge on any atom is -0.352 e. The molecule has 2 heterocycles. The van der Waals surface area contributed by atoms with Crippen molar-refractivity contribution in [3.05, 3.63) is 71.4 Å². The van der Waals surface area contributed by atoms with E-state index in [0.717, 1.165) is 56.6 Å². The van der Waals surface area contributed by atoms with E-state index in [1.54, 1.807) is 12.2 Å². The molecule has 4 atom stereocenters. The highest BCUT2D eigenvalue weighted by molar-refractivity contribution is 5.88. The standard InChI is InChI=1S/C31H46N4O2/c1-24-8-6-15-31(4)16-13-26(3)21-27(31)20-25(2)10-12-30(37)33-18-14-28-22-35(23-34(28)5)19-7-17-32-29(36)11-9-24/h6,8-12,15,20-21,27-28H,7,13-14,16-19,22-23H2,1-5H3,(H,32,36)(H,33,37)/p+1. The number of amides is 2. The Balaban J connectivity index is 1.77. The number of nitrogens with zero attached hydrogens (tertiary/aromatic N) is 1. The van der Waals surface area contributed by atoms with Gasteiger partial charge >= 0.3 is 0 Å². The maximum Gasteiger partial charge on any atom is 0.243 e. The number of allylic oxidation sites excluding steroid dienone is 10. The minimum absolute atomic E-state index is 0.00826. The van der Waals surface area contributed by atoms with Crippen LogP contribution in [0.25, 0.3) is 0 Å². The number of carbonyl (C=O) groups is 2. The normalized spacial score (nSPS) is 31.4. The second-order valence-corrected chi connectivity index (χ2v) is 11.4. The number of nitrogens with one attached hydrogen (secondary N) is 3. The van der Waals surface area contributed by atoms with Gasteiger partial charge in [-0.25, -0.2) is 0 Å². The first kappa shape index (κ1) is 28.9. The van der Waals surface area contributed by atoms with Crippen LogP contribution in [0.3, 0.4) is 0 Å². The summed E-state index contributed by atoms with van der Waals surface area (Å²) in [5, 5.41) is 6.08. The zero-order valence-corrected chi connectivity index (χ0v) is 23.5. The second kappa shape index (κ2) is 13.7. The summed E-state index contributed by atoms with van der Waals surface area (Å²) >= 11 is 0. The molecule has 2 amide bonds. The van der Waals surface area contributed by atoms with E-state index in [2.05, 4.69) is 73.7 Å². The first-order valence-electron chi connectivity index (χ1n) is 13.8. The average Bonchev–Trinajstić information content (AvgIpc) is 3.20. The first-order chi connectivity index (χ1) is 17.6. The van der Waals surface area contributed by atoms with E-state index in [4.69, 9.17) is 0 Å². The van der Waals surface area contributed by atoms with Gasteiger partial charge in [0.1, 0.15) is 6.67 Å². The van der Waals surface area contributed by atoms with Gasteiger partial charge in [-0.1, -0.05) is 66.2 Å². The SMILES string of the molecule is CC1=CC=CC2(C)CCC(C)=CC2C=C(C)C=CC(=O)NCCC2C[NH+](CCCNC(=O)C=C1)CN2C. The summed E-state index contributed by atoms with van der Waals surface area (Å²) in [6.07, 6.45) is 22.3. The summed E-state index contributed by atoms with van der Waals surface area (Å²) in [6, 6.07) is 0.464. The van der Waals surface area contributed by atoms with E-state index in [1.165, 1.54) is 10.5 Å². The Labute approximate surface area is 223 Å². The van der Waals surface area contributed by atoms with Crippen molar-refractivity contribution < 1.29 is 14.5 Å². The smallest absolute Gasteiger partial charge is 0.243 e. The minimum atomic E-state index is -0.0399. The number of fused-ring (bicyclic) bond motifs is 3. The monoisotopic (exact) mass is 507 g/mol. The average molecular weight is 508 g/mol. The van der Waals surface area contributed by atoms with Crippen LogP contribution in [-0.2, 0) is 9.59 Å². The second-order valence-electron chi connectivity index (χ2n) is 11.4. The van der Waals surface area contributed by atoms with E-state index in [9.17, 15) is 9.59 Å². The van der Waals surface area contributed by atoms with Gasteiger partial charge in [0.05, 0.1) is 19.1 Å². The molecule has 0 radical (unpaired) electrons. The lowest BCUT2D eigenvalue weighted by Gasteiger charge is -2.36. The summed E-state index contributed by atoms with van der Waals surface area (Å²) in [5.74, 6) is 0.186. The fourth-order valence-electron chi connectivity index (χ4n) is 5.44. The fourth-order valence-corrected chi connectivity index (χ4v) is 5.44. The van der Waals surface area contributed by atoms with Crippen molar-refractivity contribution in [2.45, 2.75) is 59.4 Å². The molecular weight excluding hydrogens is 460 g/mol. The Bertz CT molecular complexity index is 1000. The molecule has 1 aliphatic carbocycles. The Hall–Kier alpha value is -2.70. The molecule has 2 aliphatic heterocycles. The lowest BCUT2D eigenvalue weighted by Crippen LogP contribution is -3.11. The van der Waals surface area contributed by atoms with Crippen molar-refractivity contribution in [1.29, 1.82) is 0 Å². The van der Waals surface area contributed by atoms with Gasteiger partial charge in [0, 0.05) is 37.6 Å². The maximum absolute atomic E-state index is 12.5. The van der Waals surface area contributed by atoms with Crippen molar-refractivity contribution in [2.75, 3.05) is 39.9 Å². The van der Waals surface area contributed by atoms with Crippen LogP contribution >= 0.6 is 0 Å². The van der Waals surface area contributed by atoms with Gasteiger partial charge in [-0.05, 0) is 52.5 Å². The quantitative estimate of drug-likeness (QED) is 0.442. The maximum atomic E-state index is 12.5. The molecule has 0 aromatic heterocycles. The Morgan fingerprint density at radius 3 is 2.43 bits per heavy atom. The summed E-state index contributed by atoms with van der Waals surface area (Å²) < 4.78 is 0. The van der Waals surface area contributed by atoms with Gasteiger partial charge in [0.15, 0.2) is 0 Å². The summed E-state index contributed by atoms with van der Waals surface area (Å²) in [4.78, 5) is 28.6. The summed E-state index contributed by atoms with van der Waals surface area (Å²) in [7, 11) is 2.16. The molecule has 6 nitrogen and oxygen atoms in total. The number of carbonyl (C=O) groups excluding carboxylic acids is 2. The van der Waals surface area contributed by atoms with E-state index >= 15 is 0 Å². The molecule has 202 valence electrons. The van der Waals surface area contributed by atoms with Gasteiger partial charge in [-0.2, -0.15) is 0 Å². The molecule has 0 aromatic carbocycles. The Morgan fingerprint density at radius 1 is 0.973 bits per heavy atom. The molecule has 3 N–H and O–H groups in total. The van der Waals surface area contributed by atoms with Gasteiger partial charge in [0.25, 0.3) is 0 Å². The fraction of sp³-hybridized carbons (Fsp3) is 0.548. The molecule has 6 heteroatoms.